The van der Waals surface area contributed by atoms with Crippen LogP contribution in [-0.2, 0) is 7.05 Å². The van der Waals surface area contributed by atoms with E-state index < -0.39 is 0 Å². The van der Waals surface area contributed by atoms with E-state index in [0.29, 0.717) is 27.8 Å². The summed E-state index contributed by atoms with van der Waals surface area (Å²) in [5.41, 5.74) is 9.37. The number of nitrogens with zero attached hydrogens (tertiary/aromatic N) is 3. The van der Waals surface area contributed by atoms with E-state index in [1.807, 2.05) is 0 Å². The molecule has 0 aromatic carbocycles. The molecule has 0 aliphatic rings. The van der Waals surface area contributed by atoms with Crippen molar-refractivity contribution in [1.82, 2.24) is 14.8 Å². The molecule has 0 atom stereocenters. The van der Waals surface area contributed by atoms with Gasteiger partial charge in [-0.05, 0) is 13.8 Å². The van der Waals surface area contributed by atoms with E-state index >= 15 is 0 Å². The largest absolute Gasteiger partial charge is 0.394 e. The fourth-order valence-electron chi connectivity index (χ4n) is 1.51. The molecule has 6 nitrogen and oxygen atoms in total. The number of nitrogens with one attached hydrogen (secondary N) is 1. The Hall–Kier alpha value is -1.89. The Kier molecular flexibility index (Phi) is 2.84. The number of carbonyl (C=O) groups excluding carboxylic acids is 1. The minimum Gasteiger partial charge on any atom is -0.394 e. The standard InChI is InChI=1S/C10H13N5OS/c1-5-7(11)9(15(3)14-5)13-10(16)8-6(2)12-4-17-8/h4H,11H2,1-3H3,(H,13,16). The zero-order chi connectivity index (χ0) is 12.6. The number of nitrogen functional groups attached to an aromatic ring is 1. The van der Waals surface area contributed by atoms with Crippen molar-refractivity contribution in [3.05, 3.63) is 21.8 Å². The Morgan fingerprint density at radius 3 is 2.65 bits per heavy atom. The average molecular weight is 251 g/mol. The predicted octanol–water partition coefficient (Wildman–Crippen LogP) is 1.33. The molecule has 3 N–H and O–H groups in total. The number of anilines is 2. The van der Waals surface area contributed by atoms with Crippen LogP contribution in [0.5, 0.6) is 0 Å². The van der Waals surface area contributed by atoms with Gasteiger partial charge >= 0.3 is 0 Å². The third kappa shape index (κ3) is 2.01. The second kappa shape index (κ2) is 4.17. The van der Waals surface area contributed by atoms with Crippen molar-refractivity contribution < 1.29 is 4.79 Å². The van der Waals surface area contributed by atoms with Crippen molar-refractivity contribution in [1.29, 1.82) is 0 Å². The highest BCUT2D eigenvalue weighted by molar-refractivity contribution is 7.12. The Morgan fingerprint density at radius 1 is 1.47 bits per heavy atom. The fraction of sp³-hybridized carbons (Fsp3) is 0.300. The molecule has 90 valence electrons. The number of rotatable bonds is 2. The average Bonchev–Trinajstić information content (AvgIpc) is 2.78. The van der Waals surface area contributed by atoms with Crippen LogP contribution in [0.3, 0.4) is 0 Å². The van der Waals surface area contributed by atoms with Crippen LogP contribution in [0.1, 0.15) is 21.1 Å². The van der Waals surface area contributed by atoms with Gasteiger partial charge in [-0.2, -0.15) is 5.10 Å². The third-order valence-corrected chi connectivity index (χ3v) is 3.38. The molecule has 0 aliphatic heterocycles. The first-order valence-electron chi connectivity index (χ1n) is 5.01. The highest BCUT2D eigenvalue weighted by Gasteiger charge is 2.16. The molecular weight excluding hydrogens is 238 g/mol. The molecule has 0 bridgehead atoms. The normalized spacial score (nSPS) is 10.5. The SMILES string of the molecule is Cc1ncsc1C(=O)Nc1c(N)c(C)nn1C. The summed E-state index contributed by atoms with van der Waals surface area (Å²) in [7, 11) is 1.73. The first kappa shape index (κ1) is 11.6. The van der Waals surface area contributed by atoms with E-state index in [2.05, 4.69) is 15.4 Å². The first-order valence-corrected chi connectivity index (χ1v) is 5.89. The van der Waals surface area contributed by atoms with Gasteiger partial charge in [-0.1, -0.05) is 0 Å². The first-order chi connectivity index (χ1) is 8.00. The highest BCUT2D eigenvalue weighted by atomic mass is 32.1. The number of amides is 1. The van der Waals surface area contributed by atoms with E-state index in [1.165, 1.54) is 11.3 Å². The van der Waals surface area contributed by atoms with Gasteiger partial charge in [0.1, 0.15) is 4.88 Å². The summed E-state index contributed by atoms with van der Waals surface area (Å²) in [6, 6.07) is 0. The van der Waals surface area contributed by atoms with Crippen molar-refractivity contribution >= 4 is 28.7 Å². The zero-order valence-electron chi connectivity index (χ0n) is 9.81. The smallest absolute Gasteiger partial charge is 0.268 e. The van der Waals surface area contributed by atoms with Gasteiger partial charge in [0, 0.05) is 7.05 Å². The van der Waals surface area contributed by atoms with E-state index in [1.54, 1.807) is 31.1 Å². The van der Waals surface area contributed by atoms with Gasteiger partial charge < -0.3 is 11.1 Å². The maximum Gasteiger partial charge on any atom is 0.268 e. The molecule has 0 radical (unpaired) electrons. The molecule has 17 heavy (non-hydrogen) atoms. The number of aryl methyl sites for hydroxylation is 3. The van der Waals surface area contributed by atoms with Crippen LogP contribution in [0.15, 0.2) is 5.51 Å². The number of hydrogen-bond acceptors (Lipinski definition) is 5. The lowest BCUT2D eigenvalue weighted by molar-refractivity contribution is 0.102. The monoisotopic (exact) mass is 251 g/mol. The van der Waals surface area contributed by atoms with Gasteiger partial charge in [0.15, 0.2) is 5.82 Å². The van der Waals surface area contributed by atoms with Crippen molar-refractivity contribution in [3.8, 4) is 0 Å². The molecule has 1 amide bonds. The van der Waals surface area contributed by atoms with Crippen LogP contribution in [0.4, 0.5) is 11.5 Å². The highest BCUT2D eigenvalue weighted by Crippen LogP contribution is 2.22. The molecule has 2 heterocycles. The fourth-order valence-corrected chi connectivity index (χ4v) is 2.20. The molecule has 2 rings (SSSR count). The van der Waals surface area contributed by atoms with Crippen LogP contribution in [0, 0.1) is 13.8 Å². The van der Waals surface area contributed by atoms with Crippen molar-refractivity contribution in [2.75, 3.05) is 11.1 Å². The third-order valence-electron chi connectivity index (χ3n) is 2.45. The van der Waals surface area contributed by atoms with Gasteiger partial charge in [0.2, 0.25) is 0 Å². The van der Waals surface area contributed by atoms with E-state index in [0.717, 1.165) is 0 Å². The molecule has 2 aromatic heterocycles. The summed E-state index contributed by atoms with van der Waals surface area (Å²) in [5, 5.41) is 6.88. The molecule has 0 saturated heterocycles. The molecule has 0 saturated carbocycles. The van der Waals surface area contributed by atoms with Crippen LogP contribution < -0.4 is 11.1 Å². The van der Waals surface area contributed by atoms with E-state index in [-0.39, 0.29) is 5.91 Å². The zero-order valence-corrected chi connectivity index (χ0v) is 10.6. The van der Waals surface area contributed by atoms with Crippen molar-refractivity contribution in [2.24, 2.45) is 7.05 Å². The summed E-state index contributed by atoms with van der Waals surface area (Å²) >= 11 is 1.30. The molecule has 0 spiro atoms. The summed E-state index contributed by atoms with van der Waals surface area (Å²) in [4.78, 5) is 16.6. The number of aromatic nitrogens is 3. The predicted molar refractivity (Wildman–Crippen MR) is 67.2 cm³/mol. The maximum atomic E-state index is 12.0. The van der Waals surface area contributed by atoms with Crippen LogP contribution in [0.25, 0.3) is 0 Å². The van der Waals surface area contributed by atoms with Crippen LogP contribution >= 0.6 is 11.3 Å². The Morgan fingerprint density at radius 2 is 2.18 bits per heavy atom. The molecule has 2 aromatic rings. The van der Waals surface area contributed by atoms with Crippen molar-refractivity contribution in [2.45, 2.75) is 13.8 Å². The topological polar surface area (TPSA) is 85.8 Å². The molecule has 0 unspecified atom stereocenters. The van der Waals surface area contributed by atoms with Gasteiger partial charge in [-0.15, -0.1) is 11.3 Å². The van der Waals surface area contributed by atoms with Gasteiger partial charge in [0.05, 0.1) is 22.6 Å². The van der Waals surface area contributed by atoms with E-state index in [9.17, 15) is 4.79 Å². The lowest BCUT2D eigenvalue weighted by atomic mass is 10.3. The van der Waals surface area contributed by atoms with Crippen LogP contribution in [-0.4, -0.2) is 20.7 Å². The quantitative estimate of drug-likeness (QED) is 0.843. The minimum absolute atomic E-state index is 0.209. The molecule has 7 heteroatoms. The number of nitrogens with two attached hydrogens (primary N) is 1. The lowest BCUT2D eigenvalue weighted by Crippen LogP contribution is -2.15. The summed E-state index contributed by atoms with van der Waals surface area (Å²) in [6.07, 6.45) is 0. The number of thiazole rings is 1. The van der Waals surface area contributed by atoms with Crippen LogP contribution in [0.2, 0.25) is 0 Å². The van der Waals surface area contributed by atoms with Crippen molar-refractivity contribution in [3.63, 3.8) is 0 Å². The molecular formula is C10H13N5OS. The summed E-state index contributed by atoms with van der Waals surface area (Å²) in [5.74, 6) is 0.306. The second-order valence-electron chi connectivity index (χ2n) is 3.69. The second-order valence-corrected chi connectivity index (χ2v) is 4.55. The van der Waals surface area contributed by atoms with Gasteiger partial charge in [-0.25, -0.2) is 4.98 Å². The molecule has 0 fully saturated rings. The summed E-state index contributed by atoms with van der Waals surface area (Å²) in [6.45, 7) is 3.59. The summed E-state index contributed by atoms with van der Waals surface area (Å²) < 4.78 is 1.55. The lowest BCUT2D eigenvalue weighted by Gasteiger charge is -2.05. The Labute approximate surface area is 102 Å². The Balaban J connectivity index is 2.28. The number of hydrogen-bond donors (Lipinski definition) is 2. The van der Waals surface area contributed by atoms with Gasteiger partial charge in [0.25, 0.3) is 5.91 Å². The number of carbonyl (C=O) groups is 1. The molecule has 0 aliphatic carbocycles. The minimum atomic E-state index is -0.209. The van der Waals surface area contributed by atoms with E-state index in [4.69, 9.17) is 5.73 Å². The van der Waals surface area contributed by atoms with Gasteiger partial charge in [-0.3, -0.25) is 9.48 Å². The maximum absolute atomic E-state index is 12.0. The Bertz CT molecular complexity index is 571.